The number of esters is 1. The Morgan fingerprint density at radius 3 is 2.37 bits per heavy atom. The lowest BCUT2D eigenvalue weighted by Gasteiger charge is -2.22. The van der Waals surface area contributed by atoms with Crippen LogP contribution in [0.1, 0.15) is 19.8 Å². The normalized spacial score (nSPS) is 9.84. The van der Waals surface area contributed by atoms with E-state index in [2.05, 4.69) is 10.1 Å². The average Bonchev–Trinajstić information content (AvgIpc) is 2.37. The van der Waals surface area contributed by atoms with Gasteiger partial charge in [-0.3, -0.25) is 14.4 Å². The van der Waals surface area contributed by atoms with Crippen LogP contribution in [0.15, 0.2) is 0 Å². The number of hydrogen-bond donors (Lipinski definition) is 1. The Morgan fingerprint density at radius 1 is 1.16 bits per heavy atom. The van der Waals surface area contributed by atoms with E-state index in [-0.39, 0.29) is 37.4 Å². The molecule has 0 atom stereocenters. The lowest BCUT2D eigenvalue weighted by Crippen LogP contribution is -2.37. The third-order valence-electron chi connectivity index (χ3n) is 2.41. The van der Waals surface area contributed by atoms with Crippen LogP contribution in [-0.4, -0.2) is 63.1 Å². The van der Waals surface area contributed by atoms with E-state index in [4.69, 9.17) is 4.74 Å². The molecule has 0 fully saturated rings. The molecule has 7 heteroatoms. The van der Waals surface area contributed by atoms with E-state index in [0.29, 0.717) is 19.5 Å². The number of rotatable bonds is 9. The van der Waals surface area contributed by atoms with Gasteiger partial charge in [0.25, 0.3) is 0 Å². The smallest absolute Gasteiger partial charge is 0.307 e. The first-order valence-electron chi connectivity index (χ1n) is 6.09. The maximum Gasteiger partial charge on any atom is 0.307 e. The van der Waals surface area contributed by atoms with Gasteiger partial charge in [-0.15, -0.1) is 0 Å². The summed E-state index contributed by atoms with van der Waals surface area (Å²) < 4.78 is 9.32. The standard InChI is InChI=1S/C12H22N2O5/c1-10(15)13-6-4-7-14(11(16)9-18-2)8-5-12(17)19-3/h4-9H2,1-3H3,(H,13,15). The van der Waals surface area contributed by atoms with E-state index < -0.39 is 0 Å². The number of hydrogen-bond acceptors (Lipinski definition) is 5. The second-order valence-corrected chi connectivity index (χ2v) is 3.98. The van der Waals surface area contributed by atoms with Gasteiger partial charge in [-0.05, 0) is 6.42 Å². The van der Waals surface area contributed by atoms with Crippen LogP contribution < -0.4 is 5.32 Å². The SMILES string of the molecule is COCC(=O)N(CCCNC(C)=O)CCC(=O)OC. The Morgan fingerprint density at radius 2 is 1.84 bits per heavy atom. The van der Waals surface area contributed by atoms with Crippen molar-refractivity contribution in [3.63, 3.8) is 0 Å². The van der Waals surface area contributed by atoms with E-state index >= 15 is 0 Å². The highest BCUT2D eigenvalue weighted by Crippen LogP contribution is 1.97. The van der Waals surface area contributed by atoms with Crippen LogP contribution in [0, 0.1) is 0 Å². The van der Waals surface area contributed by atoms with Crippen LogP contribution in [0.2, 0.25) is 0 Å². The molecule has 0 saturated heterocycles. The van der Waals surface area contributed by atoms with Crippen LogP contribution in [0.3, 0.4) is 0 Å². The first-order valence-corrected chi connectivity index (χ1v) is 6.09. The first-order chi connectivity index (χ1) is 9.01. The molecular weight excluding hydrogens is 252 g/mol. The summed E-state index contributed by atoms with van der Waals surface area (Å²) in [6.07, 6.45) is 0.766. The van der Waals surface area contributed by atoms with Gasteiger partial charge in [-0.2, -0.15) is 0 Å². The van der Waals surface area contributed by atoms with Gasteiger partial charge in [0, 0.05) is 33.7 Å². The van der Waals surface area contributed by atoms with Crippen molar-refractivity contribution in [2.45, 2.75) is 19.8 Å². The van der Waals surface area contributed by atoms with Crippen molar-refractivity contribution in [3.8, 4) is 0 Å². The highest BCUT2D eigenvalue weighted by Gasteiger charge is 2.14. The molecule has 0 saturated carbocycles. The molecule has 0 unspecified atom stereocenters. The minimum Gasteiger partial charge on any atom is -0.469 e. The summed E-state index contributed by atoms with van der Waals surface area (Å²) in [4.78, 5) is 35.0. The fourth-order valence-electron chi connectivity index (χ4n) is 1.44. The van der Waals surface area contributed by atoms with Crippen LogP contribution in [0.5, 0.6) is 0 Å². The zero-order valence-corrected chi connectivity index (χ0v) is 11.7. The molecule has 0 aromatic rings. The molecule has 0 aliphatic carbocycles. The Labute approximate surface area is 113 Å². The Balaban J connectivity index is 4.13. The van der Waals surface area contributed by atoms with Crippen LogP contribution in [0.4, 0.5) is 0 Å². The molecule has 0 aliphatic heterocycles. The molecule has 0 aromatic heterocycles. The molecule has 0 spiro atoms. The van der Waals surface area contributed by atoms with Gasteiger partial charge in [0.2, 0.25) is 11.8 Å². The second kappa shape index (κ2) is 10.3. The minimum absolute atomic E-state index is 0.0265. The summed E-state index contributed by atoms with van der Waals surface area (Å²) in [6.45, 7) is 2.64. The van der Waals surface area contributed by atoms with Crippen molar-refractivity contribution in [2.24, 2.45) is 0 Å². The molecular formula is C12H22N2O5. The molecule has 0 heterocycles. The van der Waals surface area contributed by atoms with Crippen LogP contribution in [0.25, 0.3) is 0 Å². The minimum atomic E-state index is -0.364. The van der Waals surface area contributed by atoms with Gasteiger partial charge in [0.15, 0.2) is 0 Å². The highest BCUT2D eigenvalue weighted by molar-refractivity contribution is 5.78. The van der Waals surface area contributed by atoms with Crippen molar-refractivity contribution in [1.29, 1.82) is 0 Å². The third-order valence-corrected chi connectivity index (χ3v) is 2.41. The van der Waals surface area contributed by atoms with Crippen molar-refractivity contribution >= 4 is 17.8 Å². The number of nitrogens with one attached hydrogen (secondary N) is 1. The van der Waals surface area contributed by atoms with E-state index in [1.54, 1.807) is 0 Å². The fourth-order valence-corrected chi connectivity index (χ4v) is 1.44. The Bertz CT molecular complexity index is 306. The summed E-state index contributed by atoms with van der Waals surface area (Å²) in [6, 6.07) is 0. The van der Waals surface area contributed by atoms with E-state index in [0.717, 1.165) is 0 Å². The summed E-state index contributed by atoms with van der Waals surface area (Å²) in [5, 5.41) is 2.65. The first kappa shape index (κ1) is 17.4. The number of carbonyl (C=O) groups is 3. The van der Waals surface area contributed by atoms with Gasteiger partial charge in [-0.1, -0.05) is 0 Å². The van der Waals surface area contributed by atoms with Gasteiger partial charge < -0.3 is 19.7 Å². The maximum absolute atomic E-state index is 11.7. The molecule has 110 valence electrons. The van der Waals surface area contributed by atoms with Gasteiger partial charge in [-0.25, -0.2) is 0 Å². The van der Waals surface area contributed by atoms with Crippen molar-refractivity contribution in [2.75, 3.05) is 40.5 Å². The number of amides is 2. The van der Waals surface area contributed by atoms with Crippen LogP contribution >= 0.6 is 0 Å². The molecule has 19 heavy (non-hydrogen) atoms. The largest absolute Gasteiger partial charge is 0.469 e. The molecule has 7 nitrogen and oxygen atoms in total. The van der Waals surface area contributed by atoms with Gasteiger partial charge >= 0.3 is 5.97 Å². The molecule has 0 aliphatic rings. The topological polar surface area (TPSA) is 84.9 Å². The predicted octanol–water partition coefficient (Wildman–Crippen LogP) is -0.449. The monoisotopic (exact) mass is 274 g/mol. The lowest BCUT2D eigenvalue weighted by atomic mass is 10.3. The molecule has 0 rings (SSSR count). The summed E-state index contributed by atoms with van der Waals surface area (Å²) in [5.41, 5.74) is 0. The molecule has 2 amide bonds. The predicted molar refractivity (Wildman–Crippen MR) is 68.4 cm³/mol. The van der Waals surface area contributed by atoms with Gasteiger partial charge in [0.1, 0.15) is 6.61 Å². The van der Waals surface area contributed by atoms with E-state index in [1.807, 2.05) is 0 Å². The zero-order chi connectivity index (χ0) is 14.7. The number of carbonyl (C=O) groups excluding carboxylic acids is 3. The van der Waals surface area contributed by atoms with Crippen LogP contribution in [-0.2, 0) is 23.9 Å². The van der Waals surface area contributed by atoms with Crippen molar-refractivity contribution in [1.82, 2.24) is 10.2 Å². The Kier molecular flexibility index (Phi) is 9.42. The van der Waals surface area contributed by atoms with Crippen molar-refractivity contribution in [3.05, 3.63) is 0 Å². The van der Waals surface area contributed by atoms with Gasteiger partial charge in [0.05, 0.1) is 13.5 Å². The summed E-state index contributed by atoms with van der Waals surface area (Å²) in [5.74, 6) is -0.657. The maximum atomic E-state index is 11.7. The van der Waals surface area contributed by atoms with Crippen molar-refractivity contribution < 1.29 is 23.9 Å². The zero-order valence-electron chi connectivity index (χ0n) is 11.7. The number of nitrogens with zero attached hydrogens (tertiary/aromatic N) is 1. The summed E-state index contributed by atoms with van der Waals surface area (Å²) in [7, 11) is 2.74. The van der Waals surface area contributed by atoms with E-state index in [9.17, 15) is 14.4 Å². The second-order valence-electron chi connectivity index (χ2n) is 3.98. The lowest BCUT2D eigenvalue weighted by molar-refractivity contribution is -0.142. The number of methoxy groups -OCH3 is 2. The highest BCUT2D eigenvalue weighted by atomic mass is 16.5. The third kappa shape index (κ3) is 9.01. The Hall–Kier alpha value is -1.63. The quantitative estimate of drug-likeness (QED) is 0.455. The molecule has 0 aromatic carbocycles. The van der Waals surface area contributed by atoms with E-state index in [1.165, 1.54) is 26.0 Å². The molecule has 1 N–H and O–H groups in total. The average molecular weight is 274 g/mol. The summed E-state index contributed by atoms with van der Waals surface area (Å²) >= 11 is 0. The molecule has 0 radical (unpaired) electrons. The fraction of sp³-hybridized carbons (Fsp3) is 0.750. The molecule has 0 bridgehead atoms. The number of ether oxygens (including phenoxy) is 2.